The van der Waals surface area contributed by atoms with Gasteiger partial charge >= 0.3 is 0 Å². The second kappa shape index (κ2) is 7.33. The number of nitrogens with zero attached hydrogens (tertiary/aromatic N) is 3. The zero-order chi connectivity index (χ0) is 20.9. The first kappa shape index (κ1) is 20.2. The maximum Gasteiger partial charge on any atom is 0.197 e. The van der Waals surface area contributed by atoms with Gasteiger partial charge in [-0.15, -0.1) is 5.10 Å². The van der Waals surface area contributed by atoms with Crippen molar-refractivity contribution in [3.63, 3.8) is 0 Å². The minimum atomic E-state index is -1.60. The van der Waals surface area contributed by atoms with Crippen LogP contribution in [-0.4, -0.2) is 67.6 Å². The van der Waals surface area contributed by atoms with Crippen molar-refractivity contribution in [3.8, 4) is 11.3 Å². The summed E-state index contributed by atoms with van der Waals surface area (Å²) in [6.07, 6.45) is -2.18. The molecule has 3 N–H and O–H groups in total. The van der Waals surface area contributed by atoms with Gasteiger partial charge in [-0.2, -0.15) is 0 Å². The van der Waals surface area contributed by atoms with E-state index < -0.39 is 54.2 Å². The molecule has 0 saturated carbocycles. The Balaban J connectivity index is 1.70. The van der Waals surface area contributed by atoms with Gasteiger partial charge in [0.15, 0.2) is 23.2 Å². The third-order valence-electron chi connectivity index (χ3n) is 5.38. The first-order chi connectivity index (χ1) is 13.8. The van der Waals surface area contributed by atoms with Gasteiger partial charge in [-0.25, -0.2) is 17.9 Å². The number of rotatable bonds is 3. The van der Waals surface area contributed by atoms with Crippen molar-refractivity contribution >= 4 is 0 Å². The number of aromatic nitrogens is 3. The zero-order valence-corrected chi connectivity index (χ0v) is 15.4. The molecular weight excluding hydrogens is 395 g/mol. The molecule has 0 radical (unpaired) electrons. The van der Waals surface area contributed by atoms with Crippen molar-refractivity contribution in [1.29, 1.82) is 0 Å². The Morgan fingerprint density at radius 2 is 1.93 bits per heavy atom. The number of aliphatic hydroxyl groups excluding tert-OH is 3. The quantitative estimate of drug-likeness (QED) is 0.636. The van der Waals surface area contributed by atoms with E-state index >= 15 is 0 Å². The smallest absolute Gasteiger partial charge is 0.197 e. The lowest BCUT2D eigenvalue weighted by Crippen LogP contribution is -2.62. The van der Waals surface area contributed by atoms with Crippen molar-refractivity contribution in [3.05, 3.63) is 35.8 Å². The number of hydrogen-bond donors (Lipinski definition) is 3. The van der Waals surface area contributed by atoms with Crippen LogP contribution in [0.25, 0.3) is 11.3 Å². The average Bonchev–Trinajstić information content (AvgIpc) is 3.31. The van der Waals surface area contributed by atoms with Crippen molar-refractivity contribution < 1.29 is 38.0 Å². The van der Waals surface area contributed by atoms with Crippen LogP contribution >= 0.6 is 0 Å². The third kappa shape index (κ3) is 3.32. The Hall–Kier alpha value is -2.05. The van der Waals surface area contributed by atoms with Gasteiger partial charge in [0, 0.05) is 12.0 Å². The number of hydrogen-bond acceptors (Lipinski definition) is 7. The van der Waals surface area contributed by atoms with E-state index in [9.17, 15) is 28.5 Å². The molecule has 2 fully saturated rings. The summed E-state index contributed by atoms with van der Waals surface area (Å²) in [5.41, 5.74) is -0.0631. The number of halogens is 3. The lowest BCUT2D eigenvalue weighted by molar-refractivity contribution is -0.339. The highest BCUT2D eigenvalue weighted by atomic mass is 19.2. The lowest BCUT2D eigenvalue weighted by Gasteiger charge is -2.47. The van der Waals surface area contributed by atoms with E-state index in [2.05, 4.69) is 10.3 Å². The van der Waals surface area contributed by atoms with Gasteiger partial charge in [0.05, 0.1) is 19.4 Å². The summed E-state index contributed by atoms with van der Waals surface area (Å²) in [6.45, 7) is 1.71. The molecule has 1 aromatic heterocycles. The summed E-state index contributed by atoms with van der Waals surface area (Å²) in [6, 6.07) is 0.426. The van der Waals surface area contributed by atoms with Crippen molar-refractivity contribution in [1.82, 2.24) is 15.0 Å². The van der Waals surface area contributed by atoms with Crippen LogP contribution in [0, 0.1) is 23.4 Å². The van der Waals surface area contributed by atoms with Crippen LogP contribution in [0.3, 0.4) is 0 Å². The molecular formula is C18H20F3N3O5. The van der Waals surface area contributed by atoms with Crippen molar-refractivity contribution in [2.75, 3.05) is 13.2 Å². The van der Waals surface area contributed by atoms with Crippen LogP contribution in [0.5, 0.6) is 0 Å². The summed E-state index contributed by atoms with van der Waals surface area (Å²) < 4.78 is 52.8. The van der Waals surface area contributed by atoms with Crippen LogP contribution in [0.15, 0.2) is 18.3 Å². The number of ether oxygens (including phenoxy) is 2. The summed E-state index contributed by atoms with van der Waals surface area (Å²) >= 11 is 0. The Kier molecular flexibility index (Phi) is 5.11. The van der Waals surface area contributed by atoms with Gasteiger partial charge in [0.25, 0.3) is 0 Å². The lowest BCUT2D eigenvalue weighted by atomic mass is 9.87. The SMILES string of the molecule is CC1CO[C@@]2(C1)O[C@H](CO)[C@H](O)[C@H](n1cc(-c3cc(F)c(F)c(F)c3)nn1)[C@H]2O. The predicted molar refractivity (Wildman–Crippen MR) is 90.8 cm³/mol. The number of aliphatic hydroxyl groups is 3. The van der Waals surface area contributed by atoms with Gasteiger partial charge in [-0.05, 0) is 18.1 Å². The molecule has 0 amide bonds. The summed E-state index contributed by atoms with van der Waals surface area (Å²) in [4.78, 5) is 0. The standard InChI is InChI=1S/C18H20F3N3O5/c1-8-4-18(28-7-8)17(27)15(16(26)13(6-25)29-18)24-5-12(22-23-24)9-2-10(19)14(21)11(20)3-9/h2-3,5,8,13,15-17,25-27H,4,6-7H2,1H3/t8?,13-,15+,16+,17-,18+/m1/s1. The molecule has 1 aromatic carbocycles. The molecule has 0 bridgehead atoms. The molecule has 3 heterocycles. The third-order valence-corrected chi connectivity index (χ3v) is 5.38. The van der Waals surface area contributed by atoms with Crippen molar-refractivity contribution in [2.45, 2.75) is 43.5 Å². The molecule has 8 nitrogen and oxygen atoms in total. The highest BCUT2D eigenvalue weighted by molar-refractivity contribution is 5.57. The molecule has 1 spiro atoms. The average molecular weight is 415 g/mol. The molecule has 29 heavy (non-hydrogen) atoms. The van der Waals surface area contributed by atoms with E-state index in [1.807, 2.05) is 6.92 Å². The first-order valence-corrected chi connectivity index (χ1v) is 9.11. The molecule has 2 aromatic rings. The topological polar surface area (TPSA) is 110 Å². The molecule has 2 aliphatic rings. The van der Waals surface area contributed by atoms with Crippen LogP contribution in [0.1, 0.15) is 19.4 Å². The Morgan fingerprint density at radius 3 is 2.52 bits per heavy atom. The molecule has 6 atom stereocenters. The van der Waals surface area contributed by atoms with Crippen LogP contribution < -0.4 is 0 Å². The first-order valence-electron chi connectivity index (χ1n) is 9.11. The molecule has 2 aliphatic heterocycles. The molecule has 11 heteroatoms. The van der Waals surface area contributed by atoms with Crippen molar-refractivity contribution in [2.24, 2.45) is 5.92 Å². The monoisotopic (exact) mass is 415 g/mol. The van der Waals surface area contributed by atoms with E-state index in [1.54, 1.807) is 0 Å². The van der Waals surface area contributed by atoms with Crippen LogP contribution in [0.2, 0.25) is 0 Å². The van der Waals surface area contributed by atoms with E-state index in [1.165, 1.54) is 6.20 Å². The van der Waals surface area contributed by atoms with E-state index in [0.29, 0.717) is 13.0 Å². The van der Waals surface area contributed by atoms with Gasteiger partial charge in [-0.1, -0.05) is 12.1 Å². The zero-order valence-electron chi connectivity index (χ0n) is 15.4. The van der Waals surface area contributed by atoms with Gasteiger partial charge in [-0.3, -0.25) is 0 Å². The maximum absolute atomic E-state index is 13.5. The molecule has 2 saturated heterocycles. The van der Waals surface area contributed by atoms with Crippen LogP contribution in [-0.2, 0) is 9.47 Å². The Morgan fingerprint density at radius 1 is 1.24 bits per heavy atom. The minimum absolute atomic E-state index is 0.00370. The summed E-state index contributed by atoms with van der Waals surface area (Å²) in [5, 5.41) is 38.8. The summed E-state index contributed by atoms with van der Waals surface area (Å²) in [5.74, 6) is -5.72. The second-order valence-electron chi connectivity index (χ2n) is 7.53. The van der Waals surface area contributed by atoms with E-state index in [4.69, 9.17) is 9.47 Å². The van der Waals surface area contributed by atoms with Gasteiger partial charge < -0.3 is 24.8 Å². The normalized spacial score (nSPS) is 34.8. The van der Waals surface area contributed by atoms with Gasteiger partial charge in [0.2, 0.25) is 0 Å². The fraction of sp³-hybridized carbons (Fsp3) is 0.556. The molecule has 4 rings (SSSR count). The fourth-order valence-electron chi connectivity index (χ4n) is 3.94. The maximum atomic E-state index is 13.5. The van der Waals surface area contributed by atoms with Crippen LogP contribution in [0.4, 0.5) is 13.2 Å². The highest BCUT2D eigenvalue weighted by Crippen LogP contribution is 2.44. The Bertz CT molecular complexity index is 890. The summed E-state index contributed by atoms with van der Waals surface area (Å²) in [7, 11) is 0. The van der Waals surface area contributed by atoms with Gasteiger partial charge in [0.1, 0.15) is 30.0 Å². The predicted octanol–water partition coefficient (Wildman–Crippen LogP) is 0.769. The minimum Gasteiger partial charge on any atom is -0.394 e. The number of benzene rings is 1. The fourth-order valence-corrected chi connectivity index (χ4v) is 3.94. The Labute approximate surface area is 163 Å². The van der Waals surface area contributed by atoms with E-state index in [-0.39, 0.29) is 17.2 Å². The molecule has 1 unspecified atom stereocenters. The molecule has 158 valence electrons. The largest absolute Gasteiger partial charge is 0.394 e. The second-order valence-corrected chi connectivity index (χ2v) is 7.53. The van der Waals surface area contributed by atoms with E-state index in [0.717, 1.165) is 16.8 Å². The highest BCUT2D eigenvalue weighted by Gasteiger charge is 2.58. The molecule has 0 aliphatic carbocycles.